The van der Waals surface area contributed by atoms with E-state index in [-0.39, 0.29) is 77.2 Å². The Morgan fingerprint density at radius 1 is 1.23 bits per heavy atom. The van der Waals surface area contributed by atoms with Crippen molar-refractivity contribution in [3.63, 3.8) is 0 Å². The van der Waals surface area contributed by atoms with E-state index < -0.39 is 0 Å². The van der Waals surface area contributed by atoms with Crippen LogP contribution in [0.1, 0.15) is 52.4 Å². The minimum Gasteiger partial charge on any atom is -0.653 e. The Bertz CT molecular complexity index is 288. The molecule has 0 fully saturated rings. The summed E-state index contributed by atoms with van der Waals surface area (Å²) < 4.78 is 9.41. The molecule has 152 valence electrons. The first-order chi connectivity index (χ1) is 11.5. The van der Waals surface area contributed by atoms with Gasteiger partial charge in [-0.2, -0.15) is 5.92 Å². The molecule has 0 aliphatic carbocycles. The number of aliphatic hydroxyl groups is 1. The summed E-state index contributed by atoms with van der Waals surface area (Å²) in [5.74, 6) is 0.793. The van der Waals surface area contributed by atoms with Gasteiger partial charge >= 0.3 is 51.4 Å². The van der Waals surface area contributed by atoms with Gasteiger partial charge in [-0.1, -0.05) is 26.7 Å². The van der Waals surface area contributed by atoms with Crippen LogP contribution in [0.25, 0.3) is 0 Å². The molecule has 0 rings (SSSR count). The van der Waals surface area contributed by atoms with Crippen molar-refractivity contribution in [3.8, 4) is 0 Å². The van der Waals surface area contributed by atoms with Gasteiger partial charge < -0.3 is 39.0 Å². The van der Waals surface area contributed by atoms with Crippen LogP contribution in [0.2, 0.25) is 0 Å². The fraction of sp³-hybridized carbons (Fsp3) is 0.789. The van der Waals surface area contributed by atoms with Crippen LogP contribution in [0.15, 0.2) is 0 Å². The summed E-state index contributed by atoms with van der Waals surface area (Å²) in [6, 6.07) is 0. The molecule has 2 N–H and O–H groups in total. The zero-order valence-corrected chi connectivity index (χ0v) is 20.6. The zero-order valence-electron chi connectivity index (χ0n) is 17.5. The van der Waals surface area contributed by atoms with Gasteiger partial charge in [0.15, 0.2) is 0 Å². The maximum absolute atomic E-state index is 11.4. The van der Waals surface area contributed by atoms with Crippen molar-refractivity contribution in [1.82, 2.24) is 5.32 Å². The maximum Gasteiger partial charge on any atom is 1.00 e. The Hall–Kier alpha value is 0.496. The molecule has 0 aliphatic rings. The van der Waals surface area contributed by atoms with Gasteiger partial charge in [-0.3, -0.25) is 4.79 Å². The van der Waals surface area contributed by atoms with Crippen LogP contribution in [0, 0.1) is 26.2 Å². The second-order valence-electron chi connectivity index (χ2n) is 6.13. The number of ether oxygens (including phenoxy) is 2. The summed E-state index contributed by atoms with van der Waals surface area (Å²) in [6.45, 7) is 10.8. The molecule has 0 aromatic carbocycles. The maximum atomic E-state index is 11.4. The van der Waals surface area contributed by atoms with Gasteiger partial charge in [-0.25, -0.2) is 0 Å². The van der Waals surface area contributed by atoms with Gasteiger partial charge in [-0.15, -0.1) is 0 Å². The second kappa shape index (κ2) is 27.7. The van der Waals surface area contributed by atoms with Crippen LogP contribution in [0.3, 0.4) is 0 Å². The summed E-state index contributed by atoms with van der Waals surface area (Å²) in [4.78, 5) is 21.2. The van der Waals surface area contributed by atoms with E-state index in [1.807, 2.05) is 0 Å². The first-order valence-corrected chi connectivity index (χ1v) is 8.66. The Morgan fingerprint density at radius 2 is 1.85 bits per heavy atom. The van der Waals surface area contributed by atoms with Gasteiger partial charge in [0.1, 0.15) is 0 Å². The molecule has 0 saturated carbocycles. The standard InChI is InChI=1S/C14H26NO5.C4H9.CH3.K/c1-19-11-13(10-16)6-2-4-8-15-14(18)7-3-5-9-20-12-17;1-4(2)3;;/h13,16H,2-11H2,1H3,(H,15,18);4H,1H2,2-3H3;1H3;/q3*-1;+1. The van der Waals surface area contributed by atoms with Crippen LogP contribution in [-0.4, -0.2) is 51.0 Å². The normalized spacial score (nSPS) is 10.5. The molecule has 1 unspecified atom stereocenters. The number of amides is 1. The molecule has 0 heterocycles. The van der Waals surface area contributed by atoms with E-state index in [0.717, 1.165) is 19.3 Å². The Labute approximate surface area is 203 Å². The summed E-state index contributed by atoms with van der Waals surface area (Å²) >= 11 is 0. The molecular weight excluding hydrogens is 361 g/mol. The molecule has 0 aromatic heterocycles. The predicted molar refractivity (Wildman–Crippen MR) is 101 cm³/mol. The van der Waals surface area contributed by atoms with E-state index in [9.17, 15) is 9.59 Å². The molecule has 0 aliphatic heterocycles. The first-order valence-electron chi connectivity index (χ1n) is 8.66. The first kappa shape index (κ1) is 34.0. The average Bonchev–Trinajstić information content (AvgIpc) is 2.52. The number of hydrogen-bond donors (Lipinski definition) is 2. The number of methoxy groups -OCH3 is 1. The fourth-order valence-corrected chi connectivity index (χ4v) is 1.84. The zero-order chi connectivity index (χ0) is 18.6. The minimum absolute atomic E-state index is 0. The summed E-state index contributed by atoms with van der Waals surface area (Å²) in [5.41, 5.74) is 0. The third kappa shape index (κ3) is 32.2. The quantitative estimate of drug-likeness (QED) is 0.238. The largest absolute Gasteiger partial charge is 1.00 e. The Morgan fingerprint density at radius 3 is 2.35 bits per heavy atom. The van der Waals surface area contributed by atoms with Crippen molar-refractivity contribution in [2.45, 2.75) is 52.4 Å². The molecule has 26 heavy (non-hydrogen) atoms. The van der Waals surface area contributed by atoms with Crippen molar-refractivity contribution >= 4 is 12.4 Å². The molecule has 1 atom stereocenters. The van der Waals surface area contributed by atoms with Crippen LogP contribution in [-0.2, 0) is 19.1 Å². The predicted octanol–water partition coefficient (Wildman–Crippen LogP) is -0.287. The molecular formula is C19H38KNO5-2. The number of carbonyl (C=O) groups excluding carboxylic acids is 2. The molecule has 0 bridgehead atoms. The number of carbonyl (C=O) groups is 1. The van der Waals surface area contributed by atoms with Gasteiger partial charge in [0.25, 0.3) is 0 Å². The van der Waals surface area contributed by atoms with Crippen LogP contribution < -0.4 is 56.7 Å². The number of aliphatic hydroxyl groups excluding tert-OH is 1. The van der Waals surface area contributed by atoms with E-state index >= 15 is 0 Å². The van der Waals surface area contributed by atoms with E-state index in [4.69, 9.17) is 9.84 Å². The average molecular weight is 400 g/mol. The topological polar surface area (TPSA) is 84.9 Å². The van der Waals surface area contributed by atoms with Crippen LogP contribution in [0.4, 0.5) is 0 Å². The van der Waals surface area contributed by atoms with E-state index in [1.54, 1.807) is 7.11 Å². The number of rotatable bonds is 14. The smallest absolute Gasteiger partial charge is 0.653 e. The third-order valence-corrected chi connectivity index (χ3v) is 2.98. The van der Waals surface area contributed by atoms with Crippen LogP contribution >= 0.6 is 0 Å². The van der Waals surface area contributed by atoms with Gasteiger partial charge in [0, 0.05) is 39.2 Å². The van der Waals surface area contributed by atoms with Crippen molar-refractivity contribution in [2.24, 2.45) is 11.8 Å². The molecule has 6 nitrogen and oxygen atoms in total. The molecule has 0 spiro atoms. The number of hydrogen-bond acceptors (Lipinski definition) is 5. The Kier molecular flexibility index (Phi) is 36.3. The van der Waals surface area contributed by atoms with Crippen molar-refractivity contribution in [2.75, 3.05) is 33.5 Å². The second-order valence-corrected chi connectivity index (χ2v) is 6.13. The summed E-state index contributed by atoms with van der Waals surface area (Å²) in [6.07, 6.45) is 4.59. The van der Waals surface area contributed by atoms with E-state index in [1.165, 1.54) is 6.47 Å². The molecule has 0 saturated heterocycles. The van der Waals surface area contributed by atoms with Crippen molar-refractivity contribution in [1.29, 1.82) is 0 Å². The molecule has 7 heteroatoms. The van der Waals surface area contributed by atoms with E-state index in [2.05, 4.69) is 30.8 Å². The molecule has 0 radical (unpaired) electrons. The Balaban J connectivity index is -0.000000363. The van der Waals surface area contributed by atoms with Gasteiger partial charge in [-0.05, 0) is 25.7 Å². The summed E-state index contributed by atoms with van der Waals surface area (Å²) in [5, 5.41) is 11.9. The monoisotopic (exact) mass is 399 g/mol. The van der Waals surface area contributed by atoms with Gasteiger partial charge in [0.05, 0.1) is 6.61 Å². The molecule has 1 amide bonds. The van der Waals surface area contributed by atoms with Crippen molar-refractivity contribution in [3.05, 3.63) is 14.4 Å². The van der Waals surface area contributed by atoms with Crippen LogP contribution in [0.5, 0.6) is 0 Å². The minimum atomic E-state index is 0. The summed E-state index contributed by atoms with van der Waals surface area (Å²) in [7, 11) is 1.63. The third-order valence-electron chi connectivity index (χ3n) is 2.98. The fourth-order valence-electron chi connectivity index (χ4n) is 1.84. The molecule has 0 aromatic rings. The SMILES string of the molecule is COCC(CO)CCCCNC(=O)CCCCO[C-]=O.[CH2-]C(C)C.[CH3-].[K+]. The van der Waals surface area contributed by atoms with E-state index in [0.29, 0.717) is 44.9 Å². The van der Waals surface area contributed by atoms with Gasteiger partial charge in [0.2, 0.25) is 5.91 Å². The number of unbranched alkanes of at least 4 members (excludes halogenated alkanes) is 2. The number of nitrogens with one attached hydrogen (secondary N) is 1. The van der Waals surface area contributed by atoms with Crippen molar-refractivity contribution < 1.29 is 75.6 Å².